The summed E-state index contributed by atoms with van der Waals surface area (Å²) in [4.78, 5) is 27.2. The van der Waals surface area contributed by atoms with Crippen molar-refractivity contribution in [3.05, 3.63) is 57.0 Å². The average Bonchev–Trinajstić information content (AvgIpc) is 3.15. The Hall–Kier alpha value is -1.80. The molecular weight excluding hydrogens is 403 g/mol. The number of nitrogens with one attached hydrogen (secondary N) is 1. The van der Waals surface area contributed by atoms with Crippen LogP contribution in [0, 0.1) is 5.82 Å². The third-order valence-electron chi connectivity index (χ3n) is 4.66. The van der Waals surface area contributed by atoms with Crippen LogP contribution in [0.5, 0.6) is 0 Å². The van der Waals surface area contributed by atoms with Gasteiger partial charge in [-0.25, -0.2) is 4.39 Å². The van der Waals surface area contributed by atoms with Gasteiger partial charge in [-0.05, 0) is 29.8 Å². The van der Waals surface area contributed by atoms with E-state index < -0.39 is 0 Å². The third-order valence-corrected chi connectivity index (χ3v) is 5.93. The molecule has 2 aromatic rings. The number of ether oxygens (including phenoxy) is 1. The lowest BCUT2D eigenvalue weighted by atomic mass is 10.0. The standard InChI is InChI=1S/C20H22ClFN2O3S/c21-19-7-6-18(28-19)17(25)5-8-20(26)23-13-16(24-9-11-27-12-10-24)14-1-3-15(22)4-2-14/h1-4,6-7,16H,5,8-13H2,(H,23,26)/t16-/m0/s1. The lowest BCUT2D eigenvalue weighted by Crippen LogP contribution is -2.43. The van der Waals surface area contributed by atoms with Gasteiger partial charge in [0.25, 0.3) is 0 Å². The number of nitrogens with zero attached hydrogens (tertiary/aromatic N) is 1. The number of carbonyl (C=O) groups excluding carboxylic acids is 2. The summed E-state index contributed by atoms with van der Waals surface area (Å²) in [6, 6.07) is 9.62. The van der Waals surface area contributed by atoms with Crippen molar-refractivity contribution >= 4 is 34.6 Å². The lowest BCUT2D eigenvalue weighted by Gasteiger charge is -2.35. The molecule has 150 valence electrons. The van der Waals surface area contributed by atoms with Gasteiger partial charge in [0, 0.05) is 32.5 Å². The molecule has 1 N–H and O–H groups in total. The maximum atomic E-state index is 13.3. The topological polar surface area (TPSA) is 58.6 Å². The normalized spacial score (nSPS) is 15.9. The quantitative estimate of drug-likeness (QED) is 0.656. The van der Waals surface area contributed by atoms with Gasteiger partial charge in [-0.3, -0.25) is 14.5 Å². The first-order valence-electron chi connectivity index (χ1n) is 9.15. The van der Waals surface area contributed by atoms with Gasteiger partial charge >= 0.3 is 0 Å². The van der Waals surface area contributed by atoms with Gasteiger partial charge in [0.2, 0.25) is 5.91 Å². The van der Waals surface area contributed by atoms with Gasteiger partial charge in [0.1, 0.15) is 5.82 Å². The molecule has 28 heavy (non-hydrogen) atoms. The van der Waals surface area contributed by atoms with Gasteiger partial charge in [-0.2, -0.15) is 0 Å². The molecule has 0 radical (unpaired) electrons. The predicted molar refractivity (Wildman–Crippen MR) is 107 cm³/mol. The molecule has 1 aliphatic rings. The number of ketones is 1. The van der Waals surface area contributed by atoms with Crippen molar-refractivity contribution in [3.8, 4) is 0 Å². The molecule has 2 heterocycles. The largest absolute Gasteiger partial charge is 0.379 e. The van der Waals surface area contributed by atoms with Crippen molar-refractivity contribution in [1.29, 1.82) is 0 Å². The Kier molecular flexibility index (Phi) is 7.56. The van der Waals surface area contributed by atoms with E-state index in [4.69, 9.17) is 16.3 Å². The molecule has 1 saturated heterocycles. The van der Waals surface area contributed by atoms with Crippen LogP contribution in [0.15, 0.2) is 36.4 Å². The van der Waals surface area contributed by atoms with Crippen LogP contribution in [0.4, 0.5) is 4.39 Å². The highest BCUT2D eigenvalue weighted by Gasteiger charge is 2.23. The van der Waals surface area contributed by atoms with Crippen LogP contribution in [0.2, 0.25) is 4.34 Å². The Morgan fingerprint density at radius 3 is 2.50 bits per heavy atom. The van der Waals surface area contributed by atoms with Gasteiger partial charge < -0.3 is 10.1 Å². The fourth-order valence-electron chi connectivity index (χ4n) is 3.15. The van der Waals surface area contributed by atoms with E-state index >= 15 is 0 Å². The van der Waals surface area contributed by atoms with E-state index in [2.05, 4.69) is 10.2 Å². The maximum Gasteiger partial charge on any atom is 0.220 e. The number of hydrogen-bond acceptors (Lipinski definition) is 5. The number of amides is 1. The summed E-state index contributed by atoms with van der Waals surface area (Å²) in [6.45, 7) is 3.14. The lowest BCUT2D eigenvalue weighted by molar-refractivity contribution is -0.121. The van der Waals surface area contributed by atoms with E-state index in [0.717, 1.165) is 18.7 Å². The van der Waals surface area contributed by atoms with Crippen molar-refractivity contribution in [2.75, 3.05) is 32.8 Å². The first-order chi connectivity index (χ1) is 13.5. The second-order valence-electron chi connectivity index (χ2n) is 6.55. The third kappa shape index (κ3) is 5.85. The van der Waals surface area contributed by atoms with E-state index in [0.29, 0.717) is 29.0 Å². The smallest absolute Gasteiger partial charge is 0.220 e. The molecule has 3 rings (SSSR count). The summed E-state index contributed by atoms with van der Waals surface area (Å²) in [5.74, 6) is -0.563. The molecule has 1 aromatic carbocycles. The van der Waals surface area contributed by atoms with Crippen LogP contribution in [-0.4, -0.2) is 49.4 Å². The minimum atomic E-state index is -0.291. The van der Waals surface area contributed by atoms with E-state index in [9.17, 15) is 14.0 Å². The summed E-state index contributed by atoms with van der Waals surface area (Å²) < 4.78 is 19.2. The van der Waals surface area contributed by atoms with Crippen molar-refractivity contribution in [1.82, 2.24) is 10.2 Å². The van der Waals surface area contributed by atoms with Crippen molar-refractivity contribution in [2.45, 2.75) is 18.9 Å². The van der Waals surface area contributed by atoms with E-state index in [1.807, 2.05) is 0 Å². The Morgan fingerprint density at radius 2 is 1.86 bits per heavy atom. The van der Waals surface area contributed by atoms with Crippen molar-refractivity contribution in [2.24, 2.45) is 0 Å². The van der Waals surface area contributed by atoms with E-state index in [1.165, 1.54) is 23.5 Å². The summed E-state index contributed by atoms with van der Waals surface area (Å²) in [6.07, 6.45) is 0.259. The molecule has 1 atom stereocenters. The van der Waals surface area contributed by atoms with Gasteiger partial charge in [-0.1, -0.05) is 23.7 Å². The number of halogens is 2. The zero-order valence-corrected chi connectivity index (χ0v) is 16.9. The van der Waals surface area contributed by atoms with Crippen LogP contribution in [0.25, 0.3) is 0 Å². The number of Topliss-reactive ketones (excluding diaryl/α,β-unsaturated/α-hetero) is 1. The Morgan fingerprint density at radius 1 is 1.14 bits per heavy atom. The molecule has 1 aliphatic heterocycles. The highest BCUT2D eigenvalue weighted by molar-refractivity contribution is 7.18. The Balaban J connectivity index is 1.55. The molecule has 5 nitrogen and oxygen atoms in total. The van der Waals surface area contributed by atoms with Crippen LogP contribution in [0.1, 0.15) is 34.1 Å². The van der Waals surface area contributed by atoms with E-state index in [1.54, 1.807) is 24.3 Å². The summed E-state index contributed by atoms with van der Waals surface area (Å²) in [5.41, 5.74) is 0.938. The Labute approximate surface area is 172 Å². The molecule has 8 heteroatoms. The van der Waals surface area contributed by atoms with Crippen molar-refractivity contribution in [3.63, 3.8) is 0 Å². The minimum Gasteiger partial charge on any atom is -0.379 e. The highest BCUT2D eigenvalue weighted by Crippen LogP contribution is 2.23. The second-order valence-corrected chi connectivity index (χ2v) is 8.26. The average molecular weight is 425 g/mol. The molecule has 1 aromatic heterocycles. The van der Waals surface area contributed by atoms with Crippen LogP contribution in [0.3, 0.4) is 0 Å². The van der Waals surface area contributed by atoms with Gasteiger partial charge in [0.05, 0.1) is 28.5 Å². The second kappa shape index (κ2) is 10.1. The fraction of sp³-hybridized carbons (Fsp3) is 0.400. The number of rotatable bonds is 8. The molecule has 1 fully saturated rings. The first-order valence-corrected chi connectivity index (χ1v) is 10.3. The zero-order chi connectivity index (χ0) is 19.9. The molecule has 0 saturated carbocycles. The van der Waals surface area contributed by atoms with Crippen LogP contribution < -0.4 is 5.32 Å². The fourth-order valence-corrected chi connectivity index (χ4v) is 4.16. The van der Waals surface area contributed by atoms with Gasteiger partial charge in [-0.15, -0.1) is 11.3 Å². The molecule has 1 amide bonds. The van der Waals surface area contributed by atoms with E-state index in [-0.39, 0.29) is 36.4 Å². The summed E-state index contributed by atoms with van der Waals surface area (Å²) >= 11 is 7.06. The minimum absolute atomic E-state index is 0.0692. The van der Waals surface area contributed by atoms with Crippen LogP contribution in [-0.2, 0) is 9.53 Å². The number of benzene rings is 1. The molecule has 0 bridgehead atoms. The molecule has 0 spiro atoms. The Bertz CT molecular complexity index is 806. The number of thiophene rings is 1. The first kappa shape index (κ1) is 20.9. The predicted octanol–water partition coefficient (Wildman–Crippen LogP) is 3.69. The maximum absolute atomic E-state index is 13.3. The SMILES string of the molecule is O=C(CCC(=O)c1ccc(Cl)s1)NC[C@@H](c1ccc(F)cc1)N1CCOCC1. The van der Waals surface area contributed by atoms with Gasteiger partial charge in [0.15, 0.2) is 5.78 Å². The van der Waals surface area contributed by atoms with Crippen molar-refractivity contribution < 1.29 is 18.7 Å². The number of carbonyl (C=O) groups is 2. The molecule has 0 unspecified atom stereocenters. The number of morpholine rings is 1. The molecular formula is C20H22ClFN2O3S. The highest BCUT2D eigenvalue weighted by atomic mass is 35.5. The molecule has 0 aliphatic carbocycles. The monoisotopic (exact) mass is 424 g/mol. The zero-order valence-electron chi connectivity index (χ0n) is 15.3. The summed E-state index contributed by atoms with van der Waals surface area (Å²) in [7, 11) is 0. The van der Waals surface area contributed by atoms with Crippen LogP contribution >= 0.6 is 22.9 Å². The summed E-state index contributed by atoms with van der Waals surface area (Å²) in [5, 5.41) is 2.92. The number of hydrogen-bond donors (Lipinski definition) is 1.